The zero-order valence-electron chi connectivity index (χ0n) is 10.8. The Hall–Kier alpha value is -1.28. The lowest BCUT2D eigenvalue weighted by Gasteiger charge is -2.09. The van der Waals surface area contributed by atoms with Crippen LogP contribution in [0.4, 0.5) is 0 Å². The molecular formula is C11H18N4O3S. The summed E-state index contributed by atoms with van der Waals surface area (Å²) < 4.78 is 6.51. The molecule has 0 spiro atoms. The van der Waals surface area contributed by atoms with E-state index in [9.17, 15) is 9.59 Å². The van der Waals surface area contributed by atoms with Crippen molar-refractivity contribution < 1.29 is 9.53 Å². The normalized spacial score (nSPS) is 16.3. The van der Waals surface area contributed by atoms with E-state index in [1.807, 2.05) is 0 Å². The van der Waals surface area contributed by atoms with Crippen LogP contribution in [0.1, 0.15) is 32.2 Å². The summed E-state index contributed by atoms with van der Waals surface area (Å²) in [5.74, 6) is 0.237. The number of aromatic amines is 1. The van der Waals surface area contributed by atoms with Gasteiger partial charge in [0.15, 0.2) is 5.16 Å². The summed E-state index contributed by atoms with van der Waals surface area (Å²) in [6.07, 6.45) is 2.54. The van der Waals surface area contributed by atoms with E-state index < -0.39 is 6.04 Å². The fraction of sp³-hybridized carbons (Fsp3) is 0.727. The summed E-state index contributed by atoms with van der Waals surface area (Å²) >= 11 is 1.43. The Morgan fingerprint density at radius 3 is 3.05 bits per heavy atom. The molecule has 0 amide bonds. The number of H-pyrrole nitrogens is 1. The number of aromatic nitrogens is 3. The van der Waals surface area contributed by atoms with Crippen LogP contribution in [0.3, 0.4) is 0 Å². The van der Waals surface area contributed by atoms with Crippen LogP contribution in [-0.4, -0.2) is 39.1 Å². The highest BCUT2D eigenvalue weighted by Crippen LogP contribution is 2.36. The molecule has 0 bridgehead atoms. The monoisotopic (exact) mass is 286 g/mol. The van der Waals surface area contributed by atoms with Gasteiger partial charge in [-0.15, -0.1) is 5.10 Å². The van der Waals surface area contributed by atoms with Crippen molar-refractivity contribution in [3.63, 3.8) is 0 Å². The number of carbonyl (C=O) groups excluding carboxylic acids is 1. The molecule has 2 rings (SSSR count). The maximum atomic E-state index is 11.5. The van der Waals surface area contributed by atoms with Gasteiger partial charge in [-0.3, -0.25) is 9.36 Å². The molecule has 19 heavy (non-hydrogen) atoms. The lowest BCUT2D eigenvalue weighted by Crippen LogP contribution is -2.32. The number of nitrogens with zero attached hydrogens (tertiary/aromatic N) is 2. The minimum Gasteiger partial charge on any atom is -0.465 e. The van der Waals surface area contributed by atoms with Crippen LogP contribution in [0.2, 0.25) is 0 Å². The van der Waals surface area contributed by atoms with E-state index in [-0.39, 0.29) is 17.7 Å². The van der Waals surface area contributed by atoms with E-state index in [1.54, 1.807) is 11.5 Å². The van der Waals surface area contributed by atoms with Gasteiger partial charge in [-0.1, -0.05) is 11.8 Å². The van der Waals surface area contributed by atoms with Crippen LogP contribution in [0.5, 0.6) is 0 Å². The topological polar surface area (TPSA) is 103 Å². The first-order chi connectivity index (χ1) is 9.13. The number of rotatable bonds is 7. The third-order valence-electron chi connectivity index (χ3n) is 2.83. The number of hydrogen-bond acceptors (Lipinski definition) is 6. The van der Waals surface area contributed by atoms with Crippen LogP contribution in [-0.2, 0) is 9.53 Å². The Morgan fingerprint density at radius 1 is 1.68 bits per heavy atom. The zero-order valence-corrected chi connectivity index (χ0v) is 11.6. The second kappa shape index (κ2) is 6.25. The molecule has 1 fully saturated rings. The third-order valence-corrected chi connectivity index (χ3v) is 3.82. The molecule has 0 aromatic carbocycles. The van der Waals surface area contributed by atoms with Gasteiger partial charge in [-0.25, -0.2) is 9.89 Å². The molecule has 1 heterocycles. The van der Waals surface area contributed by atoms with Gasteiger partial charge in [0.1, 0.15) is 6.04 Å². The van der Waals surface area contributed by atoms with Crippen LogP contribution >= 0.6 is 11.8 Å². The average Bonchev–Trinajstić information content (AvgIpc) is 3.14. The zero-order chi connectivity index (χ0) is 13.8. The minimum absolute atomic E-state index is 0.167. The quantitative estimate of drug-likeness (QED) is 0.551. The lowest BCUT2D eigenvalue weighted by atomic mass is 10.2. The van der Waals surface area contributed by atoms with E-state index in [0.29, 0.717) is 23.9 Å². The summed E-state index contributed by atoms with van der Waals surface area (Å²) in [6.45, 7) is 2.08. The molecule has 8 heteroatoms. The van der Waals surface area contributed by atoms with Gasteiger partial charge in [0.05, 0.1) is 6.61 Å². The summed E-state index contributed by atoms with van der Waals surface area (Å²) in [5.41, 5.74) is 5.53. The van der Waals surface area contributed by atoms with E-state index in [2.05, 4.69) is 10.2 Å². The van der Waals surface area contributed by atoms with Crippen molar-refractivity contribution in [2.45, 2.75) is 43.4 Å². The molecule has 1 aliphatic carbocycles. The van der Waals surface area contributed by atoms with Gasteiger partial charge in [0.2, 0.25) is 0 Å². The van der Waals surface area contributed by atoms with Gasteiger partial charge < -0.3 is 10.5 Å². The smallest absolute Gasteiger partial charge is 0.344 e. The number of hydrogen-bond donors (Lipinski definition) is 2. The predicted octanol–water partition coefficient (Wildman–Crippen LogP) is 0.279. The first-order valence-corrected chi connectivity index (χ1v) is 7.34. The van der Waals surface area contributed by atoms with Crippen LogP contribution in [0, 0.1) is 0 Å². The second-order valence-electron chi connectivity index (χ2n) is 4.41. The molecule has 106 valence electrons. The molecule has 0 radical (unpaired) electrons. The van der Waals surface area contributed by atoms with Crippen LogP contribution in [0.15, 0.2) is 9.95 Å². The standard InChI is InChI=1S/C11H18N4O3S/c1-2-18-9(16)8(12)5-6-19-11-14-13-10(17)15(11)7-3-4-7/h7-8H,2-6,12H2,1H3,(H,13,17). The SMILES string of the molecule is CCOC(=O)C(N)CCSc1n[nH]c(=O)n1C1CC1. The number of carbonyl (C=O) groups is 1. The lowest BCUT2D eigenvalue weighted by molar-refractivity contribution is -0.144. The molecule has 0 aliphatic heterocycles. The summed E-state index contributed by atoms with van der Waals surface area (Å²) in [7, 11) is 0. The Morgan fingerprint density at radius 2 is 2.42 bits per heavy atom. The van der Waals surface area contributed by atoms with Gasteiger partial charge >= 0.3 is 11.7 Å². The number of thioether (sulfide) groups is 1. The Labute approximate surface area is 114 Å². The molecule has 1 aromatic rings. The average molecular weight is 286 g/mol. The first-order valence-electron chi connectivity index (χ1n) is 6.35. The van der Waals surface area contributed by atoms with E-state index in [1.165, 1.54) is 11.8 Å². The van der Waals surface area contributed by atoms with Crippen LogP contribution < -0.4 is 11.4 Å². The summed E-state index contributed by atoms with van der Waals surface area (Å²) in [5, 5.41) is 7.11. The molecule has 1 atom stereocenters. The van der Waals surface area contributed by atoms with Gasteiger partial charge in [0, 0.05) is 11.8 Å². The highest BCUT2D eigenvalue weighted by molar-refractivity contribution is 7.99. The Bertz CT molecular complexity index is 494. The fourth-order valence-electron chi connectivity index (χ4n) is 1.69. The third kappa shape index (κ3) is 3.60. The van der Waals surface area contributed by atoms with Crippen LogP contribution in [0.25, 0.3) is 0 Å². The fourth-order valence-corrected chi connectivity index (χ4v) is 2.73. The highest BCUT2D eigenvalue weighted by atomic mass is 32.2. The maximum Gasteiger partial charge on any atom is 0.344 e. The van der Waals surface area contributed by atoms with Crippen molar-refractivity contribution in [1.29, 1.82) is 0 Å². The van der Waals surface area contributed by atoms with Gasteiger partial charge in [-0.05, 0) is 26.2 Å². The van der Waals surface area contributed by atoms with E-state index in [0.717, 1.165) is 12.8 Å². The van der Waals surface area contributed by atoms with Crippen molar-refractivity contribution in [2.75, 3.05) is 12.4 Å². The van der Waals surface area contributed by atoms with Crippen molar-refractivity contribution in [3.05, 3.63) is 10.5 Å². The number of ether oxygens (including phenoxy) is 1. The number of nitrogens with one attached hydrogen (secondary N) is 1. The molecule has 1 unspecified atom stereocenters. The molecule has 3 N–H and O–H groups in total. The number of nitrogens with two attached hydrogens (primary N) is 1. The molecular weight excluding hydrogens is 268 g/mol. The Kier molecular flexibility index (Phi) is 4.65. The minimum atomic E-state index is -0.618. The van der Waals surface area contributed by atoms with Gasteiger partial charge in [0.25, 0.3) is 0 Å². The largest absolute Gasteiger partial charge is 0.465 e. The van der Waals surface area contributed by atoms with Crippen molar-refractivity contribution in [2.24, 2.45) is 5.73 Å². The highest BCUT2D eigenvalue weighted by Gasteiger charge is 2.28. The summed E-state index contributed by atoms with van der Waals surface area (Å²) in [6, 6.07) is -0.333. The predicted molar refractivity (Wildman–Crippen MR) is 71.1 cm³/mol. The number of esters is 1. The van der Waals surface area contributed by atoms with Crippen molar-refractivity contribution in [1.82, 2.24) is 14.8 Å². The molecule has 1 aromatic heterocycles. The molecule has 1 saturated carbocycles. The molecule has 7 nitrogen and oxygen atoms in total. The first kappa shape index (κ1) is 14.1. The molecule has 0 saturated heterocycles. The van der Waals surface area contributed by atoms with Gasteiger partial charge in [-0.2, -0.15) is 0 Å². The maximum absolute atomic E-state index is 11.5. The summed E-state index contributed by atoms with van der Waals surface area (Å²) in [4.78, 5) is 22.9. The van der Waals surface area contributed by atoms with Crippen molar-refractivity contribution in [3.8, 4) is 0 Å². The van der Waals surface area contributed by atoms with E-state index in [4.69, 9.17) is 10.5 Å². The Balaban J connectivity index is 1.83. The molecule has 1 aliphatic rings. The second-order valence-corrected chi connectivity index (χ2v) is 5.47. The van der Waals surface area contributed by atoms with E-state index >= 15 is 0 Å². The van der Waals surface area contributed by atoms with Crippen molar-refractivity contribution >= 4 is 17.7 Å².